The number of halogens is 1. The molecule has 10 heteroatoms. The van der Waals surface area contributed by atoms with Gasteiger partial charge in [-0.25, -0.2) is 4.98 Å². The molecule has 0 N–H and O–H groups in total. The van der Waals surface area contributed by atoms with Crippen molar-refractivity contribution in [1.82, 2.24) is 9.55 Å². The number of carboxylic acids is 1. The number of fused-ring (bicyclic) bond motifs is 2. The van der Waals surface area contributed by atoms with Crippen molar-refractivity contribution in [2.45, 2.75) is 32.4 Å². The van der Waals surface area contributed by atoms with Gasteiger partial charge in [-0.15, -0.1) is 0 Å². The zero-order chi connectivity index (χ0) is 22.1. The smallest absolute Gasteiger partial charge is 0.548 e. The molecule has 0 radical (unpaired) electrons. The van der Waals surface area contributed by atoms with Crippen LogP contribution >= 0.6 is 11.6 Å². The van der Waals surface area contributed by atoms with Crippen LogP contribution in [0.1, 0.15) is 19.8 Å². The van der Waals surface area contributed by atoms with E-state index in [1.807, 2.05) is 0 Å². The number of carboxylic acid groups (broad SMARTS) is 1. The van der Waals surface area contributed by atoms with Gasteiger partial charge in [-0.05, 0) is 44.0 Å². The predicted molar refractivity (Wildman–Crippen MR) is 117 cm³/mol. The van der Waals surface area contributed by atoms with Gasteiger partial charge in [0.05, 0.1) is 47.0 Å². The first kappa shape index (κ1) is 24.8. The van der Waals surface area contributed by atoms with Gasteiger partial charge < -0.3 is 28.8 Å². The Morgan fingerprint density at radius 2 is 2.00 bits per heavy atom. The first-order valence-electron chi connectivity index (χ1n) is 10.2. The van der Waals surface area contributed by atoms with Gasteiger partial charge in [0.1, 0.15) is 11.5 Å². The number of carbonyl (C=O) groups is 1. The normalized spacial score (nSPS) is 13.2. The molecule has 32 heavy (non-hydrogen) atoms. The van der Waals surface area contributed by atoms with Gasteiger partial charge in [0.2, 0.25) is 0 Å². The summed E-state index contributed by atoms with van der Waals surface area (Å²) in [5, 5.41) is 12.6. The number of anilines is 1. The Bertz CT molecular complexity index is 1210. The van der Waals surface area contributed by atoms with Crippen LogP contribution in [0.2, 0.25) is 5.02 Å². The van der Waals surface area contributed by atoms with Crippen molar-refractivity contribution in [3.05, 3.63) is 39.5 Å². The molecule has 164 valence electrons. The average Bonchev–Trinajstić information content (AvgIpc) is 3.58. The van der Waals surface area contributed by atoms with Crippen molar-refractivity contribution in [3.63, 3.8) is 0 Å². The number of hydrogen-bond acceptors (Lipinski definition) is 7. The number of ether oxygens (including phenoxy) is 2. The summed E-state index contributed by atoms with van der Waals surface area (Å²) in [6.45, 7) is 2.77. The number of aromatic nitrogens is 2. The van der Waals surface area contributed by atoms with E-state index in [0.717, 1.165) is 12.8 Å². The van der Waals surface area contributed by atoms with Crippen molar-refractivity contribution in [3.8, 4) is 5.75 Å². The Balaban J connectivity index is 0.00000289. The second-order valence-corrected chi connectivity index (χ2v) is 7.86. The Hall–Kier alpha value is -1.84. The number of carbonyl (C=O) groups excluding carboxylic acids is 1. The molecule has 0 amide bonds. The molecule has 0 atom stereocenters. The van der Waals surface area contributed by atoms with Crippen molar-refractivity contribution in [2.75, 3.05) is 31.8 Å². The summed E-state index contributed by atoms with van der Waals surface area (Å²) in [4.78, 5) is 31.7. The average molecular weight is 468 g/mol. The Morgan fingerprint density at radius 1 is 1.28 bits per heavy atom. The number of pyridine rings is 2. The summed E-state index contributed by atoms with van der Waals surface area (Å²) >= 11 is 6.34. The van der Waals surface area contributed by atoms with Gasteiger partial charge in [-0.3, -0.25) is 4.79 Å². The standard InChI is InChI=1S/C22H24ClN3O5.Na/c1-3-31-21-16(23)8-6-14-19(21)26(12-18(27)28)22-15(20(14)29)7-9-17(24-22)25(10-11-30-2)13-4-5-13;/h6-9,13H,3-5,10-12H2,1-2H3,(H,27,28);/q;+1/p-1. The quantitative estimate of drug-likeness (QED) is 0.293. The molecule has 0 aliphatic heterocycles. The number of hydrogen-bond donors (Lipinski definition) is 0. The van der Waals surface area contributed by atoms with Crippen molar-refractivity contribution >= 4 is 45.3 Å². The van der Waals surface area contributed by atoms with E-state index in [0.29, 0.717) is 47.9 Å². The van der Waals surface area contributed by atoms with E-state index in [4.69, 9.17) is 26.1 Å². The minimum Gasteiger partial charge on any atom is -0.548 e. The molecule has 2 heterocycles. The molecule has 8 nitrogen and oxygen atoms in total. The second kappa shape index (κ2) is 10.4. The van der Waals surface area contributed by atoms with E-state index in [1.54, 1.807) is 38.3 Å². The third-order valence-corrected chi connectivity index (χ3v) is 5.65. The van der Waals surface area contributed by atoms with Gasteiger partial charge in [0.15, 0.2) is 11.2 Å². The molecule has 1 aliphatic carbocycles. The van der Waals surface area contributed by atoms with Crippen molar-refractivity contribution in [2.24, 2.45) is 0 Å². The minimum absolute atomic E-state index is 0. The van der Waals surface area contributed by atoms with Crippen LogP contribution in [0.15, 0.2) is 29.1 Å². The Kier molecular flexibility index (Phi) is 8.06. The molecule has 0 bridgehead atoms. The monoisotopic (exact) mass is 467 g/mol. The van der Waals surface area contributed by atoms with Crippen LogP contribution in [0.3, 0.4) is 0 Å². The number of nitrogens with zero attached hydrogens (tertiary/aromatic N) is 3. The molecule has 0 spiro atoms. The molecule has 4 rings (SSSR count). The van der Waals surface area contributed by atoms with Gasteiger partial charge in [-0.2, -0.15) is 0 Å². The zero-order valence-corrected chi connectivity index (χ0v) is 21.1. The predicted octanol–water partition coefficient (Wildman–Crippen LogP) is -1.03. The maximum Gasteiger partial charge on any atom is 1.00 e. The van der Waals surface area contributed by atoms with Crippen molar-refractivity contribution in [1.29, 1.82) is 0 Å². The molecule has 2 aromatic heterocycles. The first-order chi connectivity index (χ1) is 15.0. The van der Waals surface area contributed by atoms with Crippen LogP contribution in [-0.2, 0) is 16.1 Å². The van der Waals surface area contributed by atoms with E-state index in [1.165, 1.54) is 4.57 Å². The summed E-state index contributed by atoms with van der Waals surface area (Å²) in [5.74, 6) is -0.384. The second-order valence-electron chi connectivity index (χ2n) is 7.45. The first-order valence-corrected chi connectivity index (χ1v) is 10.6. The van der Waals surface area contributed by atoms with Crippen LogP contribution in [0.5, 0.6) is 5.75 Å². The maximum absolute atomic E-state index is 13.2. The van der Waals surface area contributed by atoms with Crippen LogP contribution in [0, 0.1) is 0 Å². The molecule has 1 fully saturated rings. The van der Waals surface area contributed by atoms with E-state index in [2.05, 4.69) is 4.90 Å². The summed E-state index contributed by atoms with van der Waals surface area (Å²) in [6, 6.07) is 7.01. The van der Waals surface area contributed by atoms with E-state index in [9.17, 15) is 14.7 Å². The third-order valence-electron chi connectivity index (χ3n) is 5.35. The van der Waals surface area contributed by atoms with Gasteiger partial charge in [0, 0.05) is 19.7 Å². The molecular formula is C22H23ClN3NaO5. The van der Waals surface area contributed by atoms with E-state index >= 15 is 0 Å². The molecule has 1 saturated carbocycles. The molecule has 3 aromatic rings. The van der Waals surface area contributed by atoms with Crippen molar-refractivity contribution < 1.29 is 48.9 Å². The van der Waals surface area contributed by atoms with Gasteiger partial charge >= 0.3 is 29.6 Å². The Morgan fingerprint density at radius 3 is 2.62 bits per heavy atom. The van der Waals surface area contributed by atoms with Crippen LogP contribution in [-0.4, -0.2) is 48.4 Å². The fraction of sp³-hybridized carbons (Fsp3) is 0.409. The summed E-state index contributed by atoms with van der Waals surface area (Å²) in [5.41, 5.74) is 0.298. The fourth-order valence-corrected chi connectivity index (χ4v) is 4.06. The maximum atomic E-state index is 13.2. The largest absolute Gasteiger partial charge is 1.00 e. The van der Waals surface area contributed by atoms with Crippen LogP contribution in [0.25, 0.3) is 21.9 Å². The summed E-state index contributed by atoms with van der Waals surface area (Å²) in [7, 11) is 1.64. The van der Waals surface area contributed by atoms with E-state index < -0.39 is 12.5 Å². The van der Waals surface area contributed by atoms with Crippen LogP contribution in [0.4, 0.5) is 5.82 Å². The molecule has 0 saturated heterocycles. The summed E-state index contributed by atoms with van der Waals surface area (Å²) < 4.78 is 12.4. The number of methoxy groups -OCH3 is 1. The zero-order valence-electron chi connectivity index (χ0n) is 18.4. The summed E-state index contributed by atoms with van der Waals surface area (Å²) in [6.07, 6.45) is 2.11. The number of aliphatic carboxylic acids is 1. The minimum atomic E-state index is -1.31. The molecule has 1 aromatic carbocycles. The molecular weight excluding hydrogens is 445 g/mol. The van der Waals surface area contributed by atoms with Gasteiger partial charge in [-0.1, -0.05) is 11.6 Å². The number of rotatable bonds is 9. The number of benzene rings is 1. The Labute approximate surface area is 212 Å². The third kappa shape index (κ3) is 4.75. The topological polar surface area (TPSA) is 96.7 Å². The SMILES string of the molecule is CCOc1c(Cl)ccc2c(=O)c3ccc(N(CCOC)C4CC4)nc3n(CC(=O)[O-])c12.[Na+]. The van der Waals surface area contributed by atoms with Crippen LogP contribution < -0.4 is 49.7 Å². The van der Waals surface area contributed by atoms with Gasteiger partial charge in [0.25, 0.3) is 0 Å². The molecule has 1 aliphatic rings. The van der Waals surface area contributed by atoms with E-state index in [-0.39, 0.29) is 51.4 Å². The fourth-order valence-electron chi connectivity index (χ4n) is 3.85. The molecule has 0 unspecified atom stereocenters.